The lowest BCUT2D eigenvalue weighted by Gasteiger charge is -2.21. The molecule has 1 aliphatic carbocycles. The van der Waals surface area contributed by atoms with Crippen LogP contribution in [0, 0.1) is 0 Å². The van der Waals surface area contributed by atoms with Crippen LogP contribution in [0.3, 0.4) is 0 Å². The average Bonchev–Trinajstić information content (AvgIpc) is 2.39. The second-order valence-corrected chi connectivity index (χ2v) is 4.47. The van der Waals surface area contributed by atoms with Crippen molar-refractivity contribution in [2.75, 3.05) is 6.54 Å². The molecule has 2 N–H and O–H groups in total. The Kier molecular flexibility index (Phi) is 6.20. The van der Waals surface area contributed by atoms with Crippen LogP contribution in [0.25, 0.3) is 0 Å². The fraction of sp³-hybridized carbons (Fsp3) is 1.00. The molecule has 0 heterocycles. The van der Waals surface area contributed by atoms with Gasteiger partial charge in [-0.15, -0.1) is 0 Å². The lowest BCUT2D eigenvalue weighted by Crippen LogP contribution is -2.39. The zero-order chi connectivity index (χ0) is 10.2. The van der Waals surface area contributed by atoms with E-state index in [1.54, 1.807) is 0 Å². The van der Waals surface area contributed by atoms with Gasteiger partial charge < -0.3 is 10.4 Å². The van der Waals surface area contributed by atoms with Crippen molar-refractivity contribution in [1.29, 1.82) is 0 Å². The molecule has 84 valence electrons. The normalized spacial score (nSPS) is 28.7. The van der Waals surface area contributed by atoms with E-state index in [0.29, 0.717) is 6.04 Å². The summed E-state index contributed by atoms with van der Waals surface area (Å²) in [6.07, 6.45) is 9.66. The summed E-state index contributed by atoms with van der Waals surface area (Å²) in [6, 6.07) is 0.370. The van der Waals surface area contributed by atoms with Gasteiger partial charge in [-0.05, 0) is 25.8 Å². The first-order chi connectivity index (χ1) is 6.84. The molecule has 2 atom stereocenters. The van der Waals surface area contributed by atoms with Gasteiger partial charge >= 0.3 is 0 Å². The smallest absolute Gasteiger partial charge is 0.0693 e. The predicted molar refractivity (Wildman–Crippen MR) is 60.4 cm³/mol. The van der Waals surface area contributed by atoms with Crippen molar-refractivity contribution in [1.82, 2.24) is 5.32 Å². The maximum absolute atomic E-state index is 9.84. The predicted octanol–water partition coefficient (Wildman–Crippen LogP) is 2.46. The summed E-state index contributed by atoms with van der Waals surface area (Å²) in [7, 11) is 0. The largest absolute Gasteiger partial charge is 0.392 e. The summed E-state index contributed by atoms with van der Waals surface area (Å²) in [6.45, 7) is 3.30. The molecule has 0 aromatic carbocycles. The second-order valence-electron chi connectivity index (χ2n) is 4.47. The fourth-order valence-corrected chi connectivity index (χ4v) is 2.19. The van der Waals surface area contributed by atoms with Gasteiger partial charge in [0.2, 0.25) is 0 Å². The van der Waals surface area contributed by atoms with Crippen molar-refractivity contribution < 1.29 is 5.11 Å². The van der Waals surface area contributed by atoms with Crippen LogP contribution in [-0.4, -0.2) is 23.8 Å². The van der Waals surface area contributed by atoms with Gasteiger partial charge in [0, 0.05) is 6.04 Å². The Labute approximate surface area is 88.1 Å². The molecule has 0 radical (unpaired) electrons. The van der Waals surface area contributed by atoms with Crippen LogP contribution >= 0.6 is 0 Å². The molecule has 0 bridgehead atoms. The van der Waals surface area contributed by atoms with Crippen LogP contribution in [-0.2, 0) is 0 Å². The number of aliphatic hydroxyl groups excluding tert-OH is 1. The maximum atomic E-state index is 9.84. The minimum atomic E-state index is -0.0980. The molecule has 0 aromatic heterocycles. The Bertz CT molecular complexity index is 138. The molecule has 1 rings (SSSR count). The van der Waals surface area contributed by atoms with E-state index < -0.39 is 0 Å². The summed E-state index contributed by atoms with van der Waals surface area (Å²) in [5.41, 5.74) is 0. The number of aliphatic hydroxyl groups is 1. The standard InChI is InChI=1S/C12H25NO/c1-2-3-7-10-13-11-8-5-4-6-9-12(11)14/h11-14H,2-10H2,1H3. The monoisotopic (exact) mass is 199 g/mol. The molecule has 1 fully saturated rings. The quantitative estimate of drug-likeness (QED) is 0.526. The van der Waals surface area contributed by atoms with Gasteiger partial charge in [0.25, 0.3) is 0 Å². The molecule has 1 saturated carbocycles. The van der Waals surface area contributed by atoms with Crippen molar-refractivity contribution >= 4 is 0 Å². The number of hydrogen-bond donors (Lipinski definition) is 2. The SMILES string of the molecule is CCCCCNC1CCCCCC1O. The highest BCUT2D eigenvalue weighted by atomic mass is 16.3. The van der Waals surface area contributed by atoms with Gasteiger partial charge in [-0.25, -0.2) is 0 Å². The summed E-state index contributed by atoms with van der Waals surface area (Å²) in [5, 5.41) is 13.3. The molecule has 0 aromatic rings. The van der Waals surface area contributed by atoms with E-state index in [9.17, 15) is 5.11 Å². The first-order valence-electron chi connectivity index (χ1n) is 6.26. The van der Waals surface area contributed by atoms with Crippen LogP contribution in [0.15, 0.2) is 0 Å². The van der Waals surface area contributed by atoms with E-state index in [1.165, 1.54) is 38.5 Å². The third-order valence-corrected chi connectivity index (χ3v) is 3.17. The van der Waals surface area contributed by atoms with Crippen LogP contribution in [0.2, 0.25) is 0 Å². The van der Waals surface area contributed by atoms with E-state index in [2.05, 4.69) is 12.2 Å². The average molecular weight is 199 g/mol. The second kappa shape index (κ2) is 7.24. The van der Waals surface area contributed by atoms with E-state index in [4.69, 9.17) is 0 Å². The first kappa shape index (κ1) is 12.0. The van der Waals surface area contributed by atoms with Gasteiger partial charge in [0.15, 0.2) is 0 Å². The van der Waals surface area contributed by atoms with E-state index in [1.807, 2.05) is 0 Å². The molecule has 1 aliphatic rings. The first-order valence-corrected chi connectivity index (χ1v) is 6.26. The zero-order valence-electron chi connectivity index (χ0n) is 9.47. The highest BCUT2D eigenvalue weighted by Gasteiger charge is 2.20. The number of nitrogens with one attached hydrogen (secondary N) is 1. The van der Waals surface area contributed by atoms with Crippen LogP contribution in [0.5, 0.6) is 0 Å². The van der Waals surface area contributed by atoms with Crippen LogP contribution in [0.4, 0.5) is 0 Å². The Morgan fingerprint density at radius 2 is 1.93 bits per heavy atom. The molecule has 0 spiro atoms. The van der Waals surface area contributed by atoms with E-state index in [0.717, 1.165) is 19.4 Å². The minimum Gasteiger partial charge on any atom is -0.392 e. The zero-order valence-corrected chi connectivity index (χ0v) is 9.47. The van der Waals surface area contributed by atoms with Gasteiger partial charge in [0.1, 0.15) is 0 Å². The third kappa shape index (κ3) is 4.43. The molecule has 0 amide bonds. The molecule has 2 unspecified atom stereocenters. The summed E-state index contributed by atoms with van der Waals surface area (Å²) in [5.74, 6) is 0. The molecule has 2 nitrogen and oxygen atoms in total. The summed E-state index contributed by atoms with van der Waals surface area (Å²) >= 11 is 0. The van der Waals surface area contributed by atoms with Crippen molar-refractivity contribution in [3.8, 4) is 0 Å². The van der Waals surface area contributed by atoms with Crippen molar-refractivity contribution in [2.24, 2.45) is 0 Å². The summed E-state index contributed by atoms with van der Waals surface area (Å²) in [4.78, 5) is 0. The Morgan fingerprint density at radius 3 is 2.71 bits per heavy atom. The molecular weight excluding hydrogens is 174 g/mol. The van der Waals surface area contributed by atoms with E-state index in [-0.39, 0.29) is 6.10 Å². The van der Waals surface area contributed by atoms with Crippen molar-refractivity contribution in [3.63, 3.8) is 0 Å². The third-order valence-electron chi connectivity index (χ3n) is 3.17. The number of unbranched alkanes of at least 4 members (excludes halogenated alkanes) is 2. The lowest BCUT2D eigenvalue weighted by atomic mass is 10.1. The summed E-state index contributed by atoms with van der Waals surface area (Å²) < 4.78 is 0. The molecule has 14 heavy (non-hydrogen) atoms. The van der Waals surface area contributed by atoms with Gasteiger partial charge in [0.05, 0.1) is 6.10 Å². The van der Waals surface area contributed by atoms with Crippen LogP contribution in [0.1, 0.15) is 58.3 Å². The highest BCUT2D eigenvalue weighted by molar-refractivity contribution is 4.78. The number of hydrogen-bond acceptors (Lipinski definition) is 2. The minimum absolute atomic E-state index is 0.0980. The highest BCUT2D eigenvalue weighted by Crippen LogP contribution is 2.17. The van der Waals surface area contributed by atoms with Crippen molar-refractivity contribution in [2.45, 2.75) is 70.4 Å². The lowest BCUT2D eigenvalue weighted by molar-refractivity contribution is 0.120. The van der Waals surface area contributed by atoms with Gasteiger partial charge in [-0.2, -0.15) is 0 Å². The fourth-order valence-electron chi connectivity index (χ4n) is 2.19. The van der Waals surface area contributed by atoms with Crippen LogP contribution < -0.4 is 5.32 Å². The van der Waals surface area contributed by atoms with E-state index >= 15 is 0 Å². The van der Waals surface area contributed by atoms with Gasteiger partial charge in [-0.3, -0.25) is 0 Å². The topological polar surface area (TPSA) is 32.3 Å². The molecule has 0 saturated heterocycles. The van der Waals surface area contributed by atoms with Gasteiger partial charge in [-0.1, -0.05) is 39.0 Å². The molecule has 0 aliphatic heterocycles. The molecular formula is C12H25NO. The Hall–Kier alpha value is -0.0800. The molecule has 2 heteroatoms. The Balaban J connectivity index is 2.13. The number of rotatable bonds is 5. The maximum Gasteiger partial charge on any atom is 0.0693 e. The van der Waals surface area contributed by atoms with Crippen molar-refractivity contribution in [3.05, 3.63) is 0 Å². The Morgan fingerprint density at radius 1 is 1.14 bits per heavy atom.